The Morgan fingerprint density at radius 3 is 2.96 bits per heavy atom. The van der Waals surface area contributed by atoms with Crippen molar-refractivity contribution in [3.8, 4) is 0 Å². The summed E-state index contributed by atoms with van der Waals surface area (Å²) in [7, 11) is 0. The van der Waals surface area contributed by atoms with Gasteiger partial charge in [0, 0.05) is 41.3 Å². The number of anilines is 2. The van der Waals surface area contributed by atoms with Gasteiger partial charge in [-0.2, -0.15) is 0 Å². The van der Waals surface area contributed by atoms with Crippen LogP contribution in [0.1, 0.15) is 43.0 Å². The van der Waals surface area contributed by atoms with Crippen LogP contribution in [-0.2, 0) is 28.9 Å². The molecule has 0 aliphatic heterocycles. The predicted molar refractivity (Wildman–Crippen MR) is 104 cm³/mol. The molecule has 1 N–H and O–H groups in total. The first-order valence-corrected chi connectivity index (χ1v) is 10.1. The molecule has 0 fully saturated rings. The van der Waals surface area contributed by atoms with Gasteiger partial charge in [-0.3, -0.25) is 18.6 Å². The molecular formula is C19H23N4O3S-. The van der Waals surface area contributed by atoms with Gasteiger partial charge in [0.25, 0.3) is 0 Å². The van der Waals surface area contributed by atoms with E-state index in [4.69, 9.17) is 0 Å². The quantitative estimate of drug-likeness (QED) is 0.769. The number of carbonyl (C=O) groups is 1. The molecule has 3 rings (SSSR count). The second kappa shape index (κ2) is 8.58. The molecule has 0 saturated carbocycles. The second-order valence-electron chi connectivity index (χ2n) is 6.74. The smallest absolute Gasteiger partial charge is 0.229 e. The molecule has 1 aliphatic carbocycles. The van der Waals surface area contributed by atoms with Gasteiger partial charge in [0.15, 0.2) is 0 Å². The lowest BCUT2D eigenvalue weighted by Crippen LogP contribution is -2.41. The number of benzene rings is 1. The van der Waals surface area contributed by atoms with E-state index in [0.717, 1.165) is 23.2 Å². The molecule has 1 amide bonds. The van der Waals surface area contributed by atoms with Crippen LogP contribution in [0.5, 0.6) is 0 Å². The van der Waals surface area contributed by atoms with Crippen LogP contribution in [0.25, 0.3) is 0 Å². The van der Waals surface area contributed by atoms with E-state index in [0.29, 0.717) is 37.3 Å². The van der Waals surface area contributed by atoms with Crippen molar-refractivity contribution < 1.29 is 13.6 Å². The zero-order valence-corrected chi connectivity index (χ0v) is 16.3. The van der Waals surface area contributed by atoms with E-state index in [2.05, 4.69) is 15.3 Å². The van der Waals surface area contributed by atoms with Gasteiger partial charge in [-0.15, -0.1) is 0 Å². The van der Waals surface area contributed by atoms with E-state index in [1.54, 1.807) is 12.3 Å². The SMILES string of the molecule is CCCC(=O)Nc1ncc2c(n1)CCC(N(c1cccc(C)c1)S(=O)[O-])C2. The third-order valence-electron chi connectivity index (χ3n) is 4.60. The van der Waals surface area contributed by atoms with Crippen LogP contribution in [0.4, 0.5) is 11.6 Å². The van der Waals surface area contributed by atoms with Crippen LogP contribution in [0.15, 0.2) is 30.5 Å². The highest BCUT2D eigenvalue weighted by molar-refractivity contribution is 7.80. The molecule has 0 radical (unpaired) electrons. The number of nitrogens with zero attached hydrogens (tertiary/aromatic N) is 3. The van der Waals surface area contributed by atoms with E-state index in [9.17, 15) is 13.6 Å². The number of fused-ring (bicyclic) bond motifs is 1. The first-order chi connectivity index (χ1) is 13.0. The number of amides is 1. The maximum atomic E-state index is 11.9. The summed E-state index contributed by atoms with van der Waals surface area (Å²) in [4.78, 5) is 20.4. The highest BCUT2D eigenvalue weighted by Crippen LogP contribution is 2.29. The van der Waals surface area contributed by atoms with Gasteiger partial charge < -0.3 is 4.55 Å². The molecule has 7 nitrogen and oxygen atoms in total. The lowest BCUT2D eigenvalue weighted by molar-refractivity contribution is -0.116. The molecule has 0 spiro atoms. The molecule has 1 heterocycles. The molecule has 1 aromatic heterocycles. The monoisotopic (exact) mass is 387 g/mol. The molecule has 8 heteroatoms. The summed E-state index contributed by atoms with van der Waals surface area (Å²) in [6.45, 7) is 3.88. The van der Waals surface area contributed by atoms with Crippen LogP contribution in [-0.4, -0.2) is 30.7 Å². The Kier molecular flexibility index (Phi) is 6.18. The predicted octanol–water partition coefficient (Wildman–Crippen LogP) is 2.68. The fourth-order valence-electron chi connectivity index (χ4n) is 3.35. The summed E-state index contributed by atoms with van der Waals surface area (Å²) in [5.74, 6) is 0.215. The topological polar surface area (TPSA) is 98.2 Å². The lowest BCUT2D eigenvalue weighted by atomic mass is 9.92. The minimum atomic E-state index is -2.37. The Balaban J connectivity index is 1.78. The fraction of sp³-hybridized carbons (Fsp3) is 0.421. The third kappa shape index (κ3) is 4.70. The minimum Gasteiger partial charge on any atom is -0.755 e. The van der Waals surface area contributed by atoms with Crippen LogP contribution >= 0.6 is 0 Å². The standard InChI is InChI=1S/C19H24N4O3S/c1-3-5-18(24)22-19-20-12-14-11-16(8-9-17(14)21-19)23(27(25)26)15-7-4-6-13(2)10-15/h4,6-7,10,12,16H,3,5,8-9,11H2,1-2H3,(H,25,26)(H,20,21,22,24)/p-1. The Labute approximate surface area is 161 Å². The summed E-state index contributed by atoms with van der Waals surface area (Å²) in [5.41, 5.74) is 3.47. The lowest BCUT2D eigenvalue weighted by Gasteiger charge is -2.37. The first kappa shape index (κ1) is 19.4. The van der Waals surface area contributed by atoms with Crippen molar-refractivity contribution in [1.82, 2.24) is 9.97 Å². The summed E-state index contributed by atoms with van der Waals surface area (Å²) in [5, 5.41) is 2.71. The molecule has 0 bridgehead atoms. The van der Waals surface area contributed by atoms with Gasteiger partial charge in [0.2, 0.25) is 11.9 Å². The Hall–Kier alpha value is -2.32. The van der Waals surface area contributed by atoms with Crippen molar-refractivity contribution in [2.24, 2.45) is 0 Å². The molecular weight excluding hydrogens is 364 g/mol. The summed E-state index contributed by atoms with van der Waals surface area (Å²) in [6, 6.07) is 7.29. The van der Waals surface area contributed by atoms with Crippen molar-refractivity contribution in [3.63, 3.8) is 0 Å². The summed E-state index contributed by atoms with van der Waals surface area (Å²) < 4.78 is 25.3. The Bertz CT molecular complexity index is 859. The van der Waals surface area contributed by atoms with E-state index >= 15 is 0 Å². The van der Waals surface area contributed by atoms with E-state index in [-0.39, 0.29) is 11.9 Å². The number of aromatic nitrogens is 2. The number of rotatable bonds is 6. The molecule has 27 heavy (non-hydrogen) atoms. The minimum absolute atomic E-state index is 0.0986. The van der Waals surface area contributed by atoms with Crippen molar-refractivity contribution >= 4 is 28.8 Å². The number of hydrogen-bond donors (Lipinski definition) is 1. The molecule has 1 aliphatic rings. The zero-order chi connectivity index (χ0) is 19.4. The second-order valence-corrected chi connectivity index (χ2v) is 7.57. The molecule has 2 aromatic rings. The third-order valence-corrected chi connectivity index (χ3v) is 5.43. The normalized spacial score (nSPS) is 17.1. The van der Waals surface area contributed by atoms with Crippen molar-refractivity contribution in [1.29, 1.82) is 0 Å². The average molecular weight is 387 g/mol. The molecule has 2 unspecified atom stereocenters. The highest BCUT2D eigenvalue weighted by atomic mass is 32.2. The van der Waals surface area contributed by atoms with Gasteiger partial charge in [-0.05, 0) is 55.9 Å². The number of hydrogen-bond acceptors (Lipinski definition) is 5. The largest absolute Gasteiger partial charge is 0.755 e. The van der Waals surface area contributed by atoms with Crippen LogP contribution in [0, 0.1) is 6.92 Å². The van der Waals surface area contributed by atoms with Crippen molar-refractivity contribution in [2.45, 2.75) is 52.0 Å². The number of aryl methyl sites for hydroxylation is 2. The highest BCUT2D eigenvalue weighted by Gasteiger charge is 2.27. The van der Waals surface area contributed by atoms with Crippen LogP contribution in [0.2, 0.25) is 0 Å². The molecule has 2 atom stereocenters. The molecule has 144 valence electrons. The van der Waals surface area contributed by atoms with E-state index in [1.165, 1.54) is 4.31 Å². The van der Waals surface area contributed by atoms with Gasteiger partial charge in [0.1, 0.15) is 0 Å². The molecule has 1 aromatic carbocycles. The number of carbonyl (C=O) groups excluding carboxylic acids is 1. The van der Waals surface area contributed by atoms with Crippen LogP contribution in [0.3, 0.4) is 0 Å². The maximum absolute atomic E-state index is 11.9. The van der Waals surface area contributed by atoms with Crippen molar-refractivity contribution in [2.75, 3.05) is 9.62 Å². The zero-order valence-electron chi connectivity index (χ0n) is 15.5. The summed E-state index contributed by atoms with van der Waals surface area (Å²) in [6.07, 6.45) is 4.73. The van der Waals surface area contributed by atoms with Gasteiger partial charge in [-0.1, -0.05) is 19.1 Å². The number of nitrogens with one attached hydrogen (secondary N) is 1. The van der Waals surface area contributed by atoms with Gasteiger partial charge in [-0.25, -0.2) is 9.97 Å². The van der Waals surface area contributed by atoms with E-state index < -0.39 is 11.3 Å². The van der Waals surface area contributed by atoms with Crippen molar-refractivity contribution in [3.05, 3.63) is 47.3 Å². The average Bonchev–Trinajstić information content (AvgIpc) is 2.62. The van der Waals surface area contributed by atoms with Gasteiger partial charge >= 0.3 is 0 Å². The first-order valence-electron chi connectivity index (χ1n) is 9.08. The van der Waals surface area contributed by atoms with Gasteiger partial charge in [0.05, 0.1) is 0 Å². The maximum Gasteiger partial charge on any atom is 0.229 e. The Morgan fingerprint density at radius 2 is 2.26 bits per heavy atom. The summed E-state index contributed by atoms with van der Waals surface area (Å²) >= 11 is -2.37. The Morgan fingerprint density at radius 1 is 1.44 bits per heavy atom. The molecule has 0 saturated heterocycles. The van der Waals surface area contributed by atoms with Crippen LogP contribution < -0.4 is 9.62 Å². The van der Waals surface area contributed by atoms with E-state index in [1.807, 2.05) is 32.0 Å². The fourth-order valence-corrected chi connectivity index (χ4v) is 4.06.